The van der Waals surface area contributed by atoms with E-state index < -0.39 is 0 Å². The molecular formula is C20H28N8. The second-order valence-corrected chi connectivity index (χ2v) is 8.70. The Hall–Kier alpha value is -2.77. The Labute approximate surface area is 165 Å². The molecule has 1 aliphatic heterocycles. The fourth-order valence-corrected chi connectivity index (χ4v) is 3.55. The first-order valence-electron chi connectivity index (χ1n) is 9.82. The molecule has 1 aliphatic rings. The van der Waals surface area contributed by atoms with Gasteiger partial charge in [0.25, 0.3) is 0 Å². The molecule has 0 unspecified atom stereocenters. The first-order valence-corrected chi connectivity index (χ1v) is 9.82. The predicted octanol–water partition coefficient (Wildman–Crippen LogP) is 2.66. The third kappa shape index (κ3) is 3.50. The van der Waals surface area contributed by atoms with Crippen molar-refractivity contribution in [1.82, 2.24) is 30.0 Å². The number of hydrogen-bond acceptors (Lipinski definition) is 7. The molecule has 8 nitrogen and oxygen atoms in total. The molecule has 0 spiro atoms. The number of hydrogen-bond donors (Lipinski definition) is 0. The molecule has 3 aromatic rings. The molecule has 0 bridgehead atoms. The van der Waals surface area contributed by atoms with Crippen molar-refractivity contribution in [3.63, 3.8) is 0 Å². The van der Waals surface area contributed by atoms with Gasteiger partial charge in [0.2, 0.25) is 0 Å². The van der Waals surface area contributed by atoms with Gasteiger partial charge in [-0.25, -0.2) is 0 Å². The fourth-order valence-electron chi connectivity index (χ4n) is 3.55. The summed E-state index contributed by atoms with van der Waals surface area (Å²) in [5.74, 6) is 3.15. The van der Waals surface area contributed by atoms with Crippen LogP contribution in [0.5, 0.6) is 0 Å². The van der Waals surface area contributed by atoms with E-state index in [9.17, 15) is 0 Å². The number of anilines is 2. The van der Waals surface area contributed by atoms with Gasteiger partial charge in [-0.1, -0.05) is 20.8 Å². The lowest BCUT2D eigenvalue weighted by atomic mass is 9.92. The maximum Gasteiger partial charge on any atom is 0.178 e. The summed E-state index contributed by atoms with van der Waals surface area (Å²) >= 11 is 0. The van der Waals surface area contributed by atoms with Crippen LogP contribution in [-0.2, 0) is 5.41 Å². The molecule has 148 valence electrons. The first kappa shape index (κ1) is 18.6. The van der Waals surface area contributed by atoms with Crippen LogP contribution in [0.25, 0.3) is 5.65 Å². The number of aromatic nitrogens is 6. The largest absolute Gasteiger partial charge is 0.361 e. The number of nitrogens with zero attached hydrogens (tertiary/aromatic N) is 8. The standard InChI is InChI=1S/C20H28N8/c1-20(2,3)15-6-7-16(22-21-15)27-12-10-14(11-13-27)19-24-23-17-8-9-18(26(4)5)25-28(17)19/h6-9,14H,10-13H2,1-5H3. The van der Waals surface area contributed by atoms with Crippen molar-refractivity contribution in [1.29, 1.82) is 0 Å². The molecule has 0 saturated carbocycles. The monoisotopic (exact) mass is 380 g/mol. The Morgan fingerprint density at radius 3 is 2.29 bits per heavy atom. The minimum Gasteiger partial charge on any atom is -0.361 e. The van der Waals surface area contributed by atoms with Gasteiger partial charge in [0.1, 0.15) is 5.82 Å². The van der Waals surface area contributed by atoms with Crippen LogP contribution in [0.3, 0.4) is 0 Å². The quantitative estimate of drug-likeness (QED) is 0.691. The van der Waals surface area contributed by atoms with Crippen LogP contribution in [0, 0.1) is 0 Å². The average molecular weight is 381 g/mol. The SMILES string of the molecule is CN(C)c1ccc2nnc(C3CCN(c4ccc(C(C)(C)C)nn4)CC3)n2n1. The zero-order valence-corrected chi connectivity index (χ0v) is 17.3. The lowest BCUT2D eigenvalue weighted by Gasteiger charge is -2.31. The molecule has 0 radical (unpaired) electrons. The second kappa shape index (κ2) is 7.00. The van der Waals surface area contributed by atoms with Crippen molar-refractivity contribution in [2.24, 2.45) is 0 Å². The Bertz CT molecular complexity index is 946. The summed E-state index contributed by atoms with van der Waals surface area (Å²) in [5, 5.41) is 22.3. The zero-order valence-electron chi connectivity index (χ0n) is 17.3. The van der Waals surface area contributed by atoms with Gasteiger partial charge in [-0.3, -0.25) is 0 Å². The highest BCUT2D eigenvalue weighted by atomic mass is 15.4. The van der Waals surface area contributed by atoms with Crippen LogP contribution in [0.1, 0.15) is 51.0 Å². The van der Waals surface area contributed by atoms with E-state index in [4.69, 9.17) is 5.10 Å². The van der Waals surface area contributed by atoms with Gasteiger partial charge in [-0.2, -0.15) is 9.61 Å². The molecule has 0 amide bonds. The molecular weight excluding hydrogens is 352 g/mol. The summed E-state index contributed by atoms with van der Waals surface area (Å²) in [5.41, 5.74) is 1.83. The van der Waals surface area contributed by atoms with Gasteiger partial charge in [0, 0.05) is 38.5 Å². The van der Waals surface area contributed by atoms with E-state index in [0.29, 0.717) is 5.92 Å². The molecule has 1 saturated heterocycles. The lowest BCUT2D eigenvalue weighted by Crippen LogP contribution is -2.34. The molecule has 0 N–H and O–H groups in total. The fraction of sp³-hybridized carbons (Fsp3) is 0.550. The lowest BCUT2D eigenvalue weighted by molar-refractivity contribution is 0.473. The van der Waals surface area contributed by atoms with E-state index in [1.165, 1.54) is 0 Å². The summed E-state index contributed by atoms with van der Waals surface area (Å²) in [6, 6.07) is 8.12. The molecule has 0 aliphatic carbocycles. The molecule has 0 aromatic carbocycles. The van der Waals surface area contributed by atoms with Gasteiger partial charge >= 0.3 is 0 Å². The molecule has 4 rings (SSSR count). The Balaban J connectivity index is 1.48. The van der Waals surface area contributed by atoms with Gasteiger partial charge in [0.05, 0.1) is 5.69 Å². The molecule has 1 fully saturated rings. The minimum atomic E-state index is 0.0195. The topological polar surface area (TPSA) is 75.3 Å². The van der Waals surface area contributed by atoms with Crippen molar-refractivity contribution in [3.8, 4) is 0 Å². The highest BCUT2D eigenvalue weighted by Crippen LogP contribution is 2.29. The van der Waals surface area contributed by atoms with E-state index >= 15 is 0 Å². The highest BCUT2D eigenvalue weighted by molar-refractivity contribution is 5.45. The van der Waals surface area contributed by atoms with Gasteiger partial charge in [0.15, 0.2) is 17.3 Å². The van der Waals surface area contributed by atoms with Crippen molar-refractivity contribution < 1.29 is 0 Å². The van der Waals surface area contributed by atoms with Crippen LogP contribution >= 0.6 is 0 Å². The summed E-state index contributed by atoms with van der Waals surface area (Å²) in [4.78, 5) is 4.30. The number of rotatable bonds is 3. The van der Waals surface area contributed by atoms with E-state index in [1.54, 1.807) is 0 Å². The number of piperidine rings is 1. The molecule has 8 heteroatoms. The van der Waals surface area contributed by atoms with E-state index in [1.807, 2.05) is 35.6 Å². The van der Waals surface area contributed by atoms with Crippen LogP contribution in [-0.4, -0.2) is 57.2 Å². The van der Waals surface area contributed by atoms with Gasteiger partial charge < -0.3 is 9.80 Å². The van der Waals surface area contributed by atoms with Crippen LogP contribution < -0.4 is 9.80 Å². The van der Waals surface area contributed by atoms with Crippen molar-refractivity contribution in [3.05, 3.63) is 35.8 Å². The maximum atomic E-state index is 4.70. The third-order valence-corrected chi connectivity index (χ3v) is 5.33. The van der Waals surface area contributed by atoms with Crippen molar-refractivity contribution in [2.75, 3.05) is 37.0 Å². The minimum absolute atomic E-state index is 0.0195. The molecule has 4 heterocycles. The maximum absolute atomic E-state index is 4.70. The summed E-state index contributed by atoms with van der Waals surface area (Å²) in [7, 11) is 3.98. The molecule has 0 atom stereocenters. The summed E-state index contributed by atoms with van der Waals surface area (Å²) in [6.07, 6.45) is 1.99. The van der Waals surface area contributed by atoms with E-state index in [0.717, 1.165) is 54.7 Å². The first-order chi connectivity index (χ1) is 13.3. The third-order valence-electron chi connectivity index (χ3n) is 5.33. The second-order valence-electron chi connectivity index (χ2n) is 8.70. The average Bonchev–Trinajstić information content (AvgIpc) is 3.11. The Kier molecular flexibility index (Phi) is 4.64. The van der Waals surface area contributed by atoms with Crippen LogP contribution in [0.4, 0.5) is 11.6 Å². The molecule has 3 aromatic heterocycles. The highest BCUT2D eigenvalue weighted by Gasteiger charge is 2.26. The zero-order chi connectivity index (χ0) is 19.9. The Morgan fingerprint density at radius 2 is 1.68 bits per heavy atom. The van der Waals surface area contributed by atoms with Crippen LogP contribution in [0.15, 0.2) is 24.3 Å². The van der Waals surface area contributed by atoms with E-state index in [2.05, 4.69) is 58.2 Å². The smallest absolute Gasteiger partial charge is 0.178 e. The van der Waals surface area contributed by atoms with Crippen molar-refractivity contribution >= 4 is 17.3 Å². The Morgan fingerprint density at radius 1 is 0.929 bits per heavy atom. The number of fused-ring (bicyclic) bond motifs is 1. The van der Waals surface area contributed by atoms with Gasteiger partial charge in [-0.05, 0) is 37.1 Å². The van der Waals surface area contributed by atoms with Gasteiger partial charge in [-0.15, -0.1) is 20.4 Å². The summed E-state index contributed by atoms with van der Waals surface area (Å²) in [6.45, 7) is 8.31. The van der Waals surface area contributed by atoms with E-state index in [-0.39, 0.29) is 5.41 Å². The summed E-state index contributed by atoms with van der Waals surface area (Å²) < 4.78 is 1.90. The van der Waals surface area contributed by atoms with Crippen LogP contribution in [0.2, 0.25) is 0 Å². The normalized spacial score (nSPS) is 16.0. The predicted molar refractivity (Wildman–Crippen MR) is 110 cm³/mol. The molecule has 28 heavy (non-hydrogen) atoms. The van der Waals surface area contributed by atoms with Crippen molar-refractivity contribution in [2.45, 2.75) is 44.9 Å².